The highest BCUT2D eigenvalue weighted by atomic mass is 35.5. The smallest absolute Gasteiger partial charge is 0.355 e. The van der Waals surface area contributed by atoms with E-state index in [2.05, 4.69) is 25.6 Å². The lowest BCUT2D eigenvalue weighted by atomic mass is 10.1. The van der Waals surface area contributed by atoms with Crippen molar-refractivity contribution in [3.05, 3.63) is 63.9 Å². The Morgan fingerprint density at radius 3 is 2.38 bits per heavy atom. The van der Waals surface area contributed by atoms with Crippen molar-refractivity contribution in [3.8, 4) is 0 Å². The monoisotopic (exact) mass is 544 g/mol. The predicted molar refractivity (Wildman–Crippen MR) is 129 cm³/mol. The van der Waals surface area contributed by atoms with Crippen molar-refractivity contribution in [2.75, 3.05) is 35.2 Å². The number of nitrogens with zero attached hydrogens (tertiary/aromatic N) is 4. The molecule has 2 N–H and O–H groups in total. The Morgan fingerprint density at radius 2 is 1.70 bits per heavy atom. The van der Waals surface area contributed by atoms with Crippen LogP contribution in [0.3, 0.4) is 0 Å². The van der Waals surface area contributed by atoms with Crippen LogP contribution < -0.4 is 15.5 Å². The van der Waals surface area contributed by atoms with E-state index >= 15 is 0 Å². The zero-order valence-corrected chi connectivity index (χ0v) is 20.4. The van der Waals surface area contributed by atoms with Gasteiger partial charge in [-0.15, -0.1) is 0 Å². The topological polar surface area (TPSA) is 66.0 Å². The summed E-state index contributed by atoms with van der Waals surface area (Å²) in [5.74, 6) is 0.492. The lowest BCUT2D eigenvalue weighted by Crippen LogP contribution is -2.29. The van der Waals surface area contributed by atoms with Crippen LogP contribution in [0.1, 0.15) is 35.7 Å². The maximum atomic E-state index is 13.6. The molecule has 3 heterocycles. The third kappa shape index (κ3) is 6.17. The van der Waals surface area contributed by atoms with Crippen molar-refractivity contribution in [2.45, 2.75) is 38.5 Å². The van der Waals surface area contributed by atoms with Gasteiger partial charge in [-0.1, -0.05) is 18.5 Å². The van der Waals surface area contributed by atoms with Crippen LogP contribution >= 0.6 is 11.6 Å². The van der Waals surface area contributed by atoms with Crippen LogP contribution in [0.2, 0.25) is 5.02 Å². The minimum atomic E-state index is -4.59. The highest BCUT2D eigenvalue weighted by molar-refractivity contribution is 6.31. The Balaban J connectivity index is 1.67. The molecule has 0 amide bonds. The highest BCUT2D eigenvalue weighted by Crippen LogP contribution is 2.38. The second-order valence-corrected chi connectivity index (χ2v) is 8.83. The van der Waals surface area contributed by atoms with Crippen molar-refractivity contribution in [3.63, 3.8) is 0 Å². The Hall–Kier alpha value is -3.28. The van der Waals surface area contributed by atoms with Crippen molar-refractivity contribution in [1.82, 2.24) is 15.0 Å². The van der Waals surface area contributed by atoms with Crippen LogP contribution in [0, 0.1) is 0 Å². The number of aromatic nitrogens is 3. The molecule has 37 heavy (non-hydrogen) atoms. The standard InChI is InChI=1S/C24H23ClF6N6/c1-2-9-33-22-35-19-8-12-37(21-17(24(29,30)31)4-3-10-32-21)11-7-15(19)20(36-22)34-14-5-6-16(18(25)13-14)23(26,27)28/h3-6,10,13H,2,7-9,11-12H2,1H3,(H2,33,34,35,36). The van der Waals surface area contributed by atoms with Gasteiger partial charge in [0.05, 0.1) is 21.8 Å². The summed E-state index contributed by atoms with van der Waals surface area (Å²) in [6.07, 6.45) is -6.44. The van der Waals surface area contributed by atoms with Gasteiger partial charge in [0.2, 0.25) is 5.95 Å². The first kappa shape index (κ1) is 26.8. The number of halogens is 7. The number of benzene rings is 1. The second kappa shape index (κ2) is 10.6. The maximum Gasteiger partial charge on any atom is 0.419 e. The molecule has 1 aromatic carbocycles. The third-order valence-electron chi connectivity index (χ3n) is 5.80. The second-order valence-electron chi connectivity index (χ2n) is 8.42. The molecule has 198 valence electrons. The minimum absolute atomic E-state index is 0.163. The van der Waals surface area contributed by atoms with Crippen LogP contribution in [0.15, 0.2) is 36.5 Å². The Morgan fingerprint density at radius 1 is 0.973 bits per heavy atom. The molecular weight excluding hydrogens is 522 g/mol. The molecule has 0 spiro atoms. The lowest BCUT2D eigenvalue weighted by Gasteiger charge is -2.24. The summed E-state index contributed by atoms with van der Waals surface area (Å²) in [4.78, 5) is 14.6. The van der Waals surface area contributed by atoms with Gasteiger partial charge in [0.25, 0.3) is 0 Å². The van der Waals surface area contributed by atoms with E-state index in [1.165, 1.54) is 18.3 Å². The highest BCUT2D eigenvalue weighted by Gasteiger charge is 2.36. The first-order chi connectivity index (χ1) is 17.5. The molecule has 0 aliphatic carbocycles. The van der Waals surface area contributed by atoms with Crippen LogP contribution in [0.5, 0.6) is 0 Å². The van der Waals surface area contributed by atoms with Gasteiger partial charge in [0, 0.05) is 43.5 Å². The van der Waals surface area contributed by atoms with Crippen molar-refractivity contribution in [1.29, 1.82) is 0 Å². The number of pyridine rings is 1. The minimum Gasteiger partial charge on any atom is -0.355 e. The van der Waals surface area contributed by atoms with Gasteiger partial charge in [-0.3, -0.25) is 0 Å². The SMILES string of the molecule is CCCNc1nc2c(c(Nc3ccc(C(F)(F)F)c(Cl)c3)n1)CCN(c1ncccc1C(F)(F)F)CC2. The van der Waals surface area contributed by atoms with Gasteiger partial charge >= 0.3 is 12.4 Å². The van der Waals surface area contributed by atoms with Gasteiger partial charge in [0.1, 0.15) is 11.6 Å². The zero-order valence-electron chi connectivity index (χ0n) is 19.6. The van der Waals surface area contributed by atoms with Gasteiger partial charge in [-0.2, -0.15) is 31.3 Å². The lowest BCUT2D eigenvalue weighted by molar-refractivity contribution is -0.138. The molecule has 0 fully saturated rings. The first-order valence-electron chi connectivity index (χ1n) is 11.5. The normalized spacial score (nSPS) is 14.2. The molecule has 1 aliphatic heterocycles. The average molecular weight is 545 g/mol. The van der Waals surface area contributed by atoms with Crippen molar-refractivity contribution in [2.24, 2.45) is 0 Å². The van der Waals surface area contributed by atoms with Crippen molar-refractivity contribution >= 4 is 34.9 Å². The molecule has 4 rings (SSSR count). The van der Waals surface area contributed by atoms with E-state index in [0.29, 0.717) is 36.0 Å². The molecule has 0 saturated carbocycles. The molecule has 0 atom stereocenters. The van der Waals surface area contributed by atoms with Crippen LogP contribution in [0.4, 0.5) is 49.6 Å². The van der Waals surface area contributed by atoms with Gasteiger partial charge in [-0.25, -0.2) is 9.97 Å². The molecule has 6 nitrogen and oxygen atoms in total. The Kier molecular flexibility index (Phi) is 7.67. The van der Waals surface area contributed by atoms with Crippen LogP contribution in [-0.2, 0) is 25.2 Å². The summed E-state index contributed by atoms with van der Waals surface area (Å²) in [5, 5.41) is 5.65. The number of hydrogen-bond donors (Lipinski definition) is 2. The van der Waals surface area contributed by atoms with Crippen molar-refractivity contribution < 1.29 is 26.3 Å². The largest absolute Gasteiger partial charge is 0.419 e. The molecular formula is C24H23ClF6N6. The third-order valence-corrected chi connectivity index (χ3v) is 6.12. The summed E-state index contributed by atoms with van der Waals surface area (Å²) >= 11 is 5.88. The fourth-order valence-corrected chi connectivity index (χ4v) is 4.35. The average Bonchev–Trinajstić information content (AvgIpc) is 3.04. The van der Waals surface area contributed by atoms with Gasteiger partial charge in [-0.05, 0) is 43.2 Å². The zero-order chi connectivity index (χ0) is 26.8. The van der Waals surface area contributed by atoms with E-state index in [0.717, 1.165) is 24.6 Å². The summed E-state index contributed by atoms with van der Waals surface area (Å²) in [5.41, 5.74) is -0.218. The first-order valence-corrected chi connectivity index (χ1v) is 11.9. The number of rotatable bonds is 6. The van der Waals surface area contributed by atoms with E-state index in [1.54, 1.807) is 4.90 Å². The quantitative estimate of drug-likeness (QED) is 0.335. The number of anilines is 4. The molecule has 2 aromatic heterocycles. The van der Waals surface area contributed by atoms with Gasteiger partial charge in [0.15, 0.2) is 0 Å². The van der Waals surface area contributed by atoms with Gasteiger partial charge < -0.3 is 15.5 Å². The van der Waals surface area contributed by atoms with E-state index in [9.17, 15) is 26.3 Å². The Labute approximate surface area is 214 Å². The molecule has 0 bridgehead atoms. The maximum absolute atomic E-state index is 13.6. The summed E-state index contributed by atoms with van der Waals surface area (Å²) in [6.45, 7) is 2.99. The molecule has 3 aromatic rings. The molecule has 0 radical (unpaired) electrons. The van der Waals surface area contributed by atoms with Crippen LogP contribution in [0.25, 0.3) is 0 Å². The van der Waals surface area contributed by atoms with E-state index in [4.69, 9.17) is 11.6 Å². The summed E-state index contributed by atoms with van der Waals surface area (Å²) in [6, 6.07) is 5.52. The van der Waals surface area contributed by atoms with E-state index < -0.39 is 28.5 Å². The summed E-state index contributed by atoms with van der Waals surface area (Å²) in [7, 11) is 0. The van der Waals surface area contributed by atoms with E-state index in [1.807, 2.05) is 6.92 Å². The number of nitrogens with one attached hydrogen (secondary N) is 2. The fourth-order valence-electron chi connectivity index (χ4n) is 4.06. The Bertz CT molecular complexity index is 1260. The fraction of sp³-hybridized carbons (Fsp3) is 0.375. The molecule has 13 heteroatoms. The number of hydrogen-bond acceptors (Lipinski definition) is 6. The molecule has 0 unspecified atom stereocenters. The molecule has 0 saturated heterocycles. The van der Waals surface area contributed by atoms with Crippen LogP contribution in [-0.4, -0.2) is 34.6 Å². The predicted octanol–water partition coefficient (Wildman–Crippen LogP) is 6.73. The molecule has 1 aliphatic rings. The van der Waals surface area contributed by atoms with E-state index in [-0.39, 0.29) is 31.0 Å². The summed E-state index contributed by atoms with van der Waals surface area (Å²) < 4.78 is 80.1. The number of alkyl halides is 6. The number of fused-ring (bicyclic) bond motifs is 1.